The average Bonchev–Trinajstić information content (AvgIpc) is 3.13. The summed E-state index contributed by atoms with van der Waals surface area (Å²) in [5, 5.41) is 4.46. The van der Waals surface area contributed by atoms with Crippen molar-refractivity contribution >= 4 is 9.84 Å². The predicted molar refractivity (Wildman–Crippen MR) is 115 cm³/mol. The van der Waals surface area contributed by atoms with Gasteiger partial charge in [-0.05, 0) is 42.3 Å². The highest BCUT2D eigenvalue weighted by Crippen LogP contribution is 2.25. The van der Waals surface area contributed by atoms with E-state index in [1.54, 1.807) is 12.3 Å². The summed E-state index contributed by atoms with van der Waals surface area (Å²) in [6, 6.07) is 13.2. The fourth-order valence-electron chi connectivity index (χ4n) is 3.55. The van der Waals surface area contributed by atoms with Crippen LogP contribution in [0.5, 0.6) is 5.75 Å². The van der Waals surface area contributed by atoms with Crippen LogP contribution in [0.3, 0.4) is 0 Å². The van der Waals surface area contributed by atoms with Gasteiger partial charge in [-0.3, -0.25) is 9.58 Å². The molecule has 8 heteroatoms. The van der Waals surface area contributed by atoms with Gasteiger partial charge in [-0.25, -0.2) is 13.4 Å². The maximum atomic E-state index is 11.5. The molecule has 0 radical (unpaired) electrons. The average molecular weight is 427 g/mol. The first-order valence-corrected chi connectivity index (χ1v) is 12.0. The number of hydrogen-bond acceptors (Lipinski definition) is 6. The Kier molecular flexibility index (Phi) is 5.87. The number of hydrogen-bond donors (Lipinski definition) is 0. The third-order valence-corrected chi connectivity index (χ3v) is 6.16. The quantitative estimate of drug-likeness (QED) is 0.551. The normalized spacial score (nSPS) is 15.1. The Labute approximate surface area is 177 Å². The first-order valence-electron chi connectivity index (χ1n) is 10.1. The lowest BCUT2D eigenvalue weighted by Gasteiger charge is -2.39. The van der Waals surface area contributed by atoms with Gasteiger partial charge in [0, 0.05) is 50.4 Å². The second-order valence-corrected chi connectivity index (χ2v) is 9.62. The molecule has 4 rings (SSSR count). The van der Waals surface area contributed by atoms with Crippen molar-refractivity contribution in [3.8, 4) is 16.9 Å². The van der Waals surface area contributed by atoms with Gasteiger partial charge in [0.25, 0.3) is 0 Å². The summed E-state index contributed by atoms with van der Waals surface area (Å²) in [6.45, 7) is 5.81. The lowest BCUT2D eigenvalue weighted by molar-refractivity contribution is 0.0130. The molecule has 0 amide bonds. The van der Waals surface area contributed by atoms with Crippen molar-refractivity contribution in [1.82, 2.24) is 19.7 Å². The van der Waals surface area contributed by atoms with E-state index in [1.165, 1.54) is 11.8 Å². The lowest BCUT2D eigenvalue weighted by Crippen LogP contribution is -2.53. The van der Waals surface area contributed by atoms with Gasteiger partial charge in [0.1, 0.15) is 11.9 Å². The van der Waals surface area contributed by atoms with E-state index in [0.29, 0.717) is 0 Å². The Morgan fingerprint density at radius 1 is 1.07 bits per heavy atom. The summed E-state index contributed by atoms with van der Waals surface area (Å²) in [7, 11) is -3.29. The van der Waals surface area contributed by atoms with Crippen molar-refractivity contribution in [1.29, 1.82) is 0 Å². The molecule has 0 aliphatic carbocycles. The zero-order chi connectivity index (χ0) is 21.1. The smallest absolute Gasteiger partial charge is 0.192 e. The van der Waals surface area contributed by atoms with Gasteiger partial charge >= 0.3 is 0 Å². The number of rotatable bonds is 8. The number of sulfone groups is 1. The summed E-state index contributed by atoms with van der Waals surface area (Å²) < 4.78 is 31.2. The van der Waals surface area contributed by atoms with E-state index in [0.717, 1.165) is 55.7 Å². The van der Waals surface area contributed by atoms with E-state index in [4.69, 9.17) is 4.74 Å². The van der Waals surface area contributed by atoms with E-state index in [1.807, 2.05) is 30.5 Å². The zero-order valence-corrected chi connectivity index (χ0v) is 18.0. The maximum Gasteiger partial charge on any atom is 0.192 e. The molecule has 1 aromatic carbocycles. The SMILES string of the molecule is CCCn1nccc1CN1CC(Oc2ccc(-c3ccc(S(C)(=O)=O)nc3)cc2)C1. The summed E-state index contributed by atoms with van der Waals surface area (Å²) >= 11 is 0. The number of aromatic nitrogens is 3. The van der Waals surface area contributed by atoms with Gasteiger partial charge in [-0.1, -0.05) is 19.1 Å². The zero-order valence-electron chi connectivity index (χ0n) is 17.2. The molecule has 1 fully saturated rings. The van der Waals surface area contributed by atoms with Crippen LogP contribution in [0, 0.1) is 0 Å². The third-order valence-electron chi connectivity index (χ3n) is 5.16. The van der Waals surface area contributed by atoms with Gasteiger partial charge in [-0.2, -0.15) is 5.10 Å². The van der Waals surface area contributed by atoms with Crippen LogP contribution >= 0.6 is 0 Å². The minimum Gasteiger partial charge on any atom is -0.488 e. The van der Waals surface area contributed by atoms with E-state index < -0.39 is 9.84 Å². The molecule has 1 aliphatic heterocycles. The fraction of sp³-hybridized carbons (Fsp3) is 0.364. The van der Waals surface area contributed by atoms with Crippen LogP contribution in [0.4, 0.5) is 0 Å². The van der Waals surface area contributed by atoms with Crippen LogP contribution in [-0.4, -0.2) is 53.5 Å². The highest BCUT2D eigenvalue weighted by Gasteiger charge is 2.29. The second kappa shape index (κ2) is 8.57. The van der Waals surface area contributed by atoms with Crippen LogP contribution in [-0.2, 0) is 22.9 Å². The van der Waals surface area contributed by atoms with Gasteiger partial charge in [0.15, 0.2) is 14.9 Å². The summed E-state index contributed by atoms with van der Waals surface area (Å²) in [6.07, 6.45) is 5.87. The Bertz CT molecular complexity index is 1090. The van der Waals surface area contributed by atoms with Gasteiger partial charge in [0.05, 0.1) is 5.69 Å². The molecule has 1 saturated heterocycles. The predicted octanol–water partition coefficient (Wildman–Crippen LogP) is 3.02. The van der Waals surface area contributed by atoms with Crippen LogP contribution < -0.4 is 4.74 Å². The van der Waals surface area contributed by atoms with Crippen LogP contribution in [0.15, 0.2) is 59.9 Å². The lowest BCUT2D eigenvalue weighted by atomic mass is 10.1. The molecular formula is C22H26N4O3S. The van der Waals surface area contributed by atoms with Crippen molar-refractivity contribution in [3.63, 3.8) is 0 Å². The maximum absolute atomic E-state index is 11.5. The summed E-state index contributed by atoms with van der Waals surface area (Å²) in [5.41, 5.74) is 3.08. The van der Waals surface area contributed by atoms with Crippen molar-refractivity contribution < 1.29 is 13.2 Å². The van der Waals surface area contributed by atoms with E-state index in [2.05, 4.69) is 32.7 Å². The monoisotopic (exact) mass is 426 g/mol. The first-order chi connectivity index (χ1) is 14.4. The van der Waals surface area contributed by atoms with Gasteiger partial charge < -0.3 is 4.74 Å². The van der Waals surface area contributed by atoms with Crippen molar-refractivity contribution in [2.45, 2.75) is 37.6 Å². The molecule has 158 valence electrons. The number of benzene rings is 1. The van der Waals surface area contributed by atoms with Gasteiger partial charge in [0.2, 0.25) is 0 Å². The summed E-state index contributed by atoms with van der Waals surface area (Å²) in [4.78, 5) is 6.40. The van der Waals surface area contributed by atoms with Crippen LogP contribution in [0.25, 0.3) is 11.1 Å². The van der Waals surface area contributed by atoms with Crippen molar-refractivity contribution in [2.75, 3.05) is 19.3 Å². The standard InChI is InChI=1S/C22H26N4O3S/c1-3-12-26-19(10-11-24-26)14-25-15-21(16-25)29-20-7-4-17(5-8-20)18-6-9-22(23-13-18)30(2,27)28/h4-11,13,21H,3,12,14-16H2,1-2H3. The van der Waals surface area contributed by atoms with Crippen LogP contribution in [0.2, 0.25) is 0 Å². The Hall–Kier alpha value is -2.71. The molecule has 0 N–H and O–H groups in total. The fourth-order valence-corrected chi connectivity index (χ4v) is 4.11. The molecule has 3 heterocycles. The molecule has 3 aromatic rings. The third kappa shape index (κ3) is 4.71. The molecule has 0 saturated carbocycles. The molecule has 0 bridgehead atoms. The molecule has 0 atom stereocenters. The largest absolute Gasteiger partial charge is 0.488 e. The first kappa shape index (κ1) is 20.6. The number of aryl methyl sites for hydroxylation is 1. The highest BCUT2D eigenvalue weighted by molar-refractivity contribution is 7.90. The molecule has 2 aromatic heterocycles. The Balaban J connectivity index is 1.30. The van der Waals surface area contributed by atoms with E-state index in [9.17, 15) is 8.42 Å². The second-order valence-electron chi connectivity index (χ2n) is 7.66. The molecule has 0 unspecified atom stereocenters. The number of ether oxygens (including phenoxy) is 1. The summed E-state index contributed by atoms with van der Waals surface area (Å²) in [5.74, 6) is 0.833. The van der Waals surface area contributed by atoms with Crippen molar-refractivity contribution in [2.24, 2.45) is 0 Å². The minimum atomic E-state index is -3.29. The minimum absolute atomic E-state index is 0.0819. The number of nitrogens with zero attached hydrogens (tertiary/aromatic N) is 4. The number of pyridine rings is 1. The Morgan fingerprint density at radius 2 is 1.80 bits per heavy atom. The molecule has 1 aliphatic rings. The molecule has 7 nitrogen and oxygen atoms in total. The number of likely N-dealkylation sites (tertiary alicyclic amines) is 1. The molecular weight excluding hydrogens is 400 g/mol. The topological polar surface area (TPSA) is 77.3 Å². The molecule has 30 heavy (non-hydrogen) atoms. The van der Waals surface area contributed by atoms with Gasteiger partial charge in [-0.15, -0.1) is 0 Å². The molecule has 0 spiro atoms. The van der Waals surface area contributed by atoms with E-state index in [-0.39, 0.29) is 11.1 Å². The van der Waals surface area contributed by atoms with Crippen LogP contribution in [0.1, 0.15) is 19.0 Å². The van der Waals surface area contributed by atoms with Crippen molar-refractivity contribution in [3.05, 3.63) is 60.6 Å². The Morgan fingerprint density at radius 3 is 2.43 bits per heavy atom. The highest BCUT2D eigenvalue weighted by atomic mass is 32.2. The van der Waals surface area contributed by atoms with E-state index >= 15 is 0 Å².